The van der Waals surface area contributed by atoms with E-state index in [2.05, 4.69) is 33.2 Å². The Morgan fingerprint density at radius 3 is 3.00 bits per heavy atom. The minimum Gasteiger partial charge on any atom is -0.507 e. The van der Waals surface area contributed by atoms with Gasteiger partial charge in [-0.15, -0.1) is 0 Å². The molecule has 0 aliphatic rings. The normalized spacial score (nSPS) is 11.1. The molecule has 0 saturated heterocycles. The molecule has 0 amide bonds. The topological polar surface area (TPSA) is 44.6 Å². The molecule has 0 heterocycles. The summed E-state index contributed by atoms with van der Waals surface area (Å²) in [7, 11) is 0. The van der Waals surface area contributed by atoms with Gasteiger partial charge >= 0.3 is 0 Å². The second kappa shape index (κ2) is 6.58. The first-order valence-corrected chi connectivity index (χ1v) is 5.72. The molecule has 0 fully saturated rings. The lowest BCUT2D eigenvalue weighted by molar-refractivity contribution is 0.474. The molecule has 15 heavy (non-hydrogen) atoms. The number of aromatic hydroxyl groups is 1. The monoisotopic (exact) mass is 270 g/mol. The summed E-state index contributed by atoms with van der Waals surface area (Å²) in [5.41, 5.74) is 0.745. The molecule has 0 saturated carbocycles. The second-order valence-electron chi connectivity index (χ2n) is 3.09. The van der Waals surface area contributed by atoms with Crippen LogP contribution >= 0.6 is 15.9 Å². The zero-order valence-corrected chi connectivity index (χ0v) is 10.3. The summed E-state index contributed by atoms with van der Waals surface area (Å²) in [6.07, 6.45) is 1.69. The molecule has 1 aromatic rings. The van der Waals surface area contributed by atoms with Crippen molar-refractivity contribution >= 4 is 22.1 Å². The number of nitrogens with one attached hydrogen (secondary N) is 1. The molecular weight excluding hydrogens is 256 g/mol. The molecule has 0 aliphatic heterocycles. The van der Waals surface area contributed by atoms with Crippen molar-refractivity contribution in [3.8, 4) is 5.75 Å². The highest BCUT2D eigenvalue weighted by Gasteiger charge is 1.97. The van der Waals surface area contributed by atoms with E-state index in [9.17, 15) is 5.11 Å². The Balaban J connectivity index is 2.49. The van der Waals surface area contributed by atoms with Crippen LogP contribution < -0.4 is 5.32 Å². The van der Waals surface area contributed by atoms with Crippen LogP contribution in [0.4, 0.5) is 0 Å². The van der Waals surface area contributed by atoms with Crippen LogP contribution in [0.1, 0.15) is 12.5 Å². The van der Waals surface area contributed by atoms with Gasteiger partial charge in [0.2, 0.25) is 0 Å². The standard InChI is InChI=1S/C11H15BrN2O/c1-2-13-5-6-14-8-9-3-4-10(12)7-11(9)15/h3-4,7-8,13,15H,2,5-6H2,1H3. The van der Waals surface area contributed by atoms with E-state index in [1.165, 1.54) is 0 Å². The van der Waals surface area contributed by atoms with E-state index in [1.54, 1.807) is 12.3 Å². The van der Waals surface area contributed by atoms with Crippen LogP contribution in [-0.4, -0.2) is 31.0 Å². The zero-order chi connectivity index (χ0) is 11.1. The van der Waals surface area contributed by atoms with E-state index >= 15 is 0 Å². The number of aliphatic imine (C=N–C) groups is 1. The molecule has 2 N–H and O–H groups in total. The van der Waals surface area contributed by atoms with Gasteiger partial charge in [-0.25, -0.2) is 0 Å². The quantitative estimate of drug-likeness (QED) is 0.637. The number of likely N-dealkylation sites (N-methyl/N-ethyl adjacent to an activating group) is 1. The van der Waals surface area contributed by atoms with Gasteiger partial charge in [0.05, 0.1) is 6.54 Å². The molecule has 0 spiro atoms. The van der Waals surface area contributed by atoms with Gasteiger partial charge in [0.25, 0.3) is 0 Å². The maximum absolute atomic E-state index is 9.56. The van der Waals surface area contributed by atoms with E-state index in [4.69, 9.17) is 0 Å². The second-order valence-corrected chi connectivity index (χ2v) is 4.01. The number of phenols is 1. The summed E-state index contributed by atoms with van der Waals surface area (Å²) in [5, 5.41) is 12.7. The van der Waals surface area contributed by atoms with Gasteiger partial charge in [-0.1, -0.05) is 22.9 Å². The predicted octanol–water partition coefficient (Wildman–Crippen LogP) is 2.18. The van der Waals surface area contributed by atoms with E-state index < -0.39 is 0 Å². The Morgan fingerprint density at radius 2 is 2.33 bits per heavy atom. The smallest absolute Gasteiger partial charge is 0.125 e. The third-order valence-corrected chi connectivity index (χ3v) is 2.38. The highest BCUT2D eigenvalue weighted by atomic mass is 79.9. The van der Waals surface area contributed by atoms with Crippen molar-refractivity contribution in [2.45, 2.75) is 6.92 Å². The van der Waals surface area contributed by atoms with Gasteiger partial charge in [-0.3, -0.25) is 4.99 Å². The summed E-state index contributed by atoms with van der Waals surface area (Å²) < 4.78 is 0.866. The van der Waals surface area contributed by atoms with Crippen molar-refractivity contribution in [2.75, 3.05) is 19.6 Å². The van der Waals surface area contributed by atoms with Crippen LogP contribution in [0.5, 0.6) is 5.75 Å². The molecule has 0 unspecified atom stereocenters. The number of phenolic OH excluding ortho intramolecular Hbond substituents is 1. The Labute approximate surface area is 98.4 Å². The van der Waals surface area contributed by atoms with Gasteiger partial charge in [0.1, 0.15) is 5.75 Å². The minimum atomic E-state index is 0.247. The largest absolute Gasteiger partial charge is 0.507 e. The van der Waals surface area contributed by atoms with Crippen molar-refractivity contribution in [1.82, 2.24) is 5.32 Å². The molecular formula is C11H15BrN2O. The van der Waals surface area contributed by atoms with Gasteiger partial charge < -0.3 is 10.4 Å². The molecule has 0 atom stereocenters. The third kappa shape index (κ3) is 4.44. The predicted molar refractivity (Wildman–Crippen MR) is 66.8 cm³/mol. The van der Waals surface area contributed by atoms with Crippen molar-refractivity contribution in [1.29, 1.82) is 0 Å². The van der Waals surface area contributed by atoms with Crippen molar-refractivity contribution in [3.63, 3.8) is 0 Å². The Bertz CT molecular complexity index is 339. The van der Waals surface area contributed by atoms with Crippen LogP contribution in [0.15, 0.2) is 27.7 Å². The van der Waals surface area contributed by atoms with Crippen LogP contribution in [0.2, 0.25) is 0 Å². The number of nitrogens with zero attached hydrogens (tertiary/aromatic N) is 1. The van der Waals surface area contributed by atoms with E-state index in [0.29, 0.717) is 0 Å². The number of benzene rings is 1. The lowest BCUT2D eigenvalue weighted by atomic mass is 10.2. The summed E-state index contributed by atoms with van der Waals surface area (Å²) in [6, 6.07) is 5.37. The Hall–Kier alpha value is -0.870. The molecule has 1 aromatic carbocycles. The zero-order valence-electron chi connectivity index (χ0n) is 8.70. The lowest BCUT2D eigenvalue weighted by Crippen LogP contribution is -2.16. The number of hydrogen-bond acceptors (Lipinski definition) is 3. The molecule has 3 nitrogen and oxygen atoms in total. The minimum absolute atomic E-state index is 0.247. The molecule has 0 aliphatic carbocycles. The fourth-order valence-electron chi connectivity index (χ4n) is 1.11. The summed E-state index contributed by atoms with van der Waals surface area (Å²) in [5.74, 6) is 0.247. The summed E-state index contributed by atoms with van der Waals surface area (Å²) >= 11 is 3.28. The molecule has 1 rings (SSSR count). The van der Waals surface area contributed by atoms with Gasteiger partial charge in [-0.2, -0.15) is 0 Å². The first-order valence-electron chi connectivity index (χ1n) is 4.93. The molecule has 4 heteroatoms. The molecule has 0 bridgehead atoms. The lowest BCUT2D eigenvalue weighted by Gasteiger charge is -1.99. The Morgan fingerprint density at radius 1 is 1.53 bits per heavy atom. The molecule has 0 aromatic heterocycles. The number of hydrogen-bond donors (Lipinski definition) is 2. The van der Waals surface area contributed by atoms with Gasteiger partial charge in [0, 0.05) is 22.8 Å². The van der Waals surface area contributed by atoms with Crippen LogP contribution in [0.25, 0.3) is 0 Å². The summed E-state index contributed by atoms with van der Waals surface area (Å²) in [4.78, 5) is 4.21. The molecule has 82 valence electrons. The summed E-state index contributed by atoms with van der Waals surface area (Å²) in [6.45, 7) is 4.61. The van der Waals surface area contributed by atoms with E-state index in [1.807, 2.05) is 12.1 Å². The SMILES string of the molecule is CCNCCN=Cc1ccc(Br)cc1O. The fourth-order valence-corrected chi connectivity index (χ4v) is 1.46. The van der Waals surface area contributed by atoms with Gasteiger partial charge in [-0.05, 0) is 24.7 Å². The van der Waals surface area contributed by atoms with Crippen molar-refractivity contribution < 1.29 is 5.11 Å². The number of rotatable bonds is 5. The highest BCUT2D eigenvalue weighted by molar-refractivity contribution is 9.10. The first kappa shape index (κ1) is 12.2. The maximum Gasteiger partial charge on any atom is 0.125 e. The first-order chi connectivity index (χ1) is 7.24. The average molecular weight is 271 g/mol. The van der Waals surface area contributed by atoms with Crippen molar-refractivity contribution in [2.24, 2.45) is 4.99 Å². The maximum atomic E-state index is 9.56. The van der Waals surface area contributed by atoms with Crippen LogP contribution in [0, 0.1) is 0 Å². The van der Waals surface area contributed by atoms with E-state index in [-0.39, 0.29) is 5.75 Å². The average Bonchev–Trinajstić information content (AvgIpc) is 2.20. The van der Waals surface area contributed by atoms with E-state index in [0.717, 1.165) is 29.7 Å². The van der Waals surface area contributed by atoms with Crippen molar-refractivity contribution in [3.05, 3.63) is 28.2 Å². The van der Waals surface area contributed by atoms with Crippen LogP contribution in [-0.2, 0) is 0 Å². The molecule has 0 radical (unpaired) electrons. The fraction of sp³-hybridized carbons (Fsp3) is 0.364. The van der Waals surface area contributed by atoms with Crippen LogP contribution in [0.3, 0.4) is 0 Å². The highest BCUT2D eigenvalue weighted by Crippen LogP contribution is 2.20. The Kier molecular flexibility index (Phi) is 5.36. The number of halogens is 1. The third-order valence-electron chi connectivity index (χ3n) is 1.89. The van der Waals surface area contributed by atoms with Gasteiger partial charge in [0.15, 0.2) is 0 Å².